The number of carbonyl (C=O) groups is 1. The van der Waals surface area contributed by atoms with Crippen molar-refractivity contribution in [1.82, 2.24) is 0 Å². The lowest BCUT2D eigenvalue weighted by Gasteiger charge is -2.20. The fourth-order valence-corrected chi connectivity index (χ4v) is 1.62. The zero-order valence-electron chi connectivity index (χ0n) is 9.27. The summed E-state index contributed by atoms with van der Waals surface area (Å²) in [5, 5.41) is 8.83. The molecule has 3 nitrogen and oxygen atoms in total. The summed E-state index contributed by atoms with van der Waals surface area (Å²) < 4.78 is 27.6. The first-order chi connectivity index (χ1) is 7.97. The van der Waals surface area contributed by atoms with Gasteiger partial charge < -0.3 is 10.8 Å². The van der Waals surface area contributed by atoms with E-state index >= 15 is 0 Å². The highest BCUT2D eigenvalue weighted by molar-refractivity contribution is 5.70. The number of benzene rings is 1. The summed E-state index contributed by atoms with van der Waals surface area (Å²) in [6.07, 6.45) is -0.665. The number of hydrogen-bond acceptors (Lipinski definition) is 2. The van der Waals surface area contributed by atoms with E-state index < -0.39 is 24.2 Å². The third-order valence-electron chi connectivity index (χ3n) is 2.56. The Morgan fingerprint density at radius 1 is 1.35 bits per heavy atom. The van der Waals surface area contributed by atoms with Crippen molar-refractivity contribution < 1.29 is 18.7 Å². The zero-order valence-corrected chi connectivity index (χ0v) is 9.27. The zero-order chi connectivity index (χ0) is 12.9. The Kier molecular flexibility index (Phi) is 4.57. The highest BCUT2D eigenvalue weighted by Gasteiger charge is 2.36. The van der Waals surface area contributed by atoms with Crippen LogP contribution in [0.2, 0.25) is 0 Å². The molecular formula is C12H15F2NO2. The van der Waals surface area contributed by atoms with Gasteiger partial charge in [0.15, 0.2) is 0 Å². The lowest BCUT2D eigenvalue weighted by atomic mass is 9.93. The molecule has 0 aliphatic heterocycles. The molecule has 1 aromatic rings. The van der Waals surface area contributed by atoms with Gasteiger partial charge in [-0.15, -0.1) is 0 Å². The summed E-state index contributed by atoms with van der Waals surface area (Å²) in [5.74, 6) is -5.49. The number of carboxylic acid groups (broad SMARTS) is 1. The van der Waals surface area contributed by atoms with Crippen molar-refractivity contribution in [3.05, 3.63) is 35.9 Å². The molecule has 0 saturated heterocycles. The van der Waals surface area contributed by atoms with E-state index in [2.05, 4.69) is 0 Å². The Labute approximate surface area is 98.2 Å². The van der Waals surface area contributed by atoms with Crippen LogP contribution in [0, 0.1) is 5.92 Å². The molecule has 0 heterocycles. The quantitative estimate of drug-likeness (QED) is 0.805. The molecule has 1 unspecified atom stereocenters. The first-order valence-electron chi connectivity index (χ1n) is 5.33. The van der Waals surface area contributed by atoms with Gasteiger partial charge in [-0.1, -0.05) is 30.3 Å². The van der Waals surface area contributed by atoms with Crippen molar-refractivity contribution in [3.8, 4) is 0 Å². The number of rotatable bonds is 6. The number of hydrogen-bond donors (Lipinski definition) is 2. The second-order valence-corrected chi connectivity index (χ2v) is 3.89. The Balaban J connectivity index is 2.80. The van der Waals surface area contributed by atoms with Crippen LogP contribution in [0.3, 0.4) is 0 Å². The maximum Gasteiger partial charge on any atom is 0.306 e. The lowest BCUT2D eigenvalue weighted by molar-refractivity contribution is -0.146. The summed E-state index contributed by atoms with van der Waals surface area (Å²) >= 11 is 0. The molecule has 5 heteroatoms. The highest BCUT2D eigenvalue weighted by Crippen LogP contribution is 2.35. The van der Waals surface area contributed by atoms with Gasteiger partial charge in [0, 0.05) is 12.0 Å². The first-order valence-corrected chi connectivity index (χ1v) is 5.33. The van der Waals surface area contributed by atoms with Gasteiger partial charge >= 0.3 is 5.97 Å². The molecule has 0 bridgehead atoms. The van der Waals surface area contributed by atoms with E-state index in [1.807, 2.05) is 0 Å². The fourth-order valence-electron chi connectivity index (χ4n) is 1.62. The monoisotopic (exact) mass is 243 g/mol. The minimum atomic E-state index is -3.14. The maximum atomic E-state index is 13.8. The predicted molar refractivity (Wildman–Crippen MR) is 59.8 cm³/mol. The summed E-state index contributed by atoms with van der Waals surface area (Å²) in [6, 6.07) is 7.22. The fraction of sp³-hybridized carbons (Fsp3) is 0.417. The van der Waals surface area contributed by atoms with E-state index in [9.17, 15) is 13.6 Å². The smallest absolute Gasteiger partial charge is 0.306 e. The van der Waals surface area contributed by atoms with E-state index in [-0.39, 0.29) is 18.5 Å². The molecule has 0 amide bonds. The summed E-state index contributed by atoms with van der Waals surface area (Å²) in [5.41, 5.74) is 5.05. The van der Waals surface area contributed by atoms with Crippen molar-refractivity contribution in [1.29, 1.82) is 0 Å². The van der Waals surface area contributed by atoms with Crippen LogP contribution in [0.5, 0.6) is 0 Å². The molecule has 0 aliphatic rings. The van der Waals surface area contributed by atoms with Crippen LogP contribution in [-0.4, -0.2) is 17.6 Å². The van der Waals surface area contributed by atoms with Gasteiger partial charge in [0.25, 0.3) is 5.92 Å². The van der Waals surface area contributed by atoms with Gasteiger partial charge in [-0.3, -0.25) is 4.79 Å². The van der Waals surface area contributed by atoms with Gasteiger partial charge in [0.1, 0.15) is 0 Å². The molecule has 94 valence electrons. The Hall–Kier alpha value is -1.49. The van der Waals surface area contributed by atoms with Crippen LogP contribution in [0.4, 0.5) is 8.78 Å². The van der Waals surface area contributed by atoms with E-state index in [1.54, 1.807) is 6.07 Å². The normalized spacial score (nSPS) is 13.4. The Bertz CT molecular complexity index is 368. The molecule has 0 radical (unpaired) electrons. The van der Waals surface area contributed by atoms with Crippen LogP contribution in [0.1, 0.15) is 18.4 Å². The average molecular weight is 243 g/mol. The van der Waals surface area contributed by atoms with Crippen molar-refractivity contribution in [2.45, 2.75) is 18.8 Å². The molecule has 0 fully saturated rings. The summed E-state index contributed by atoms with van der Waals surface area (Å²) in [7, 11) is 0. The molecule has 1 rings (SSSR count). The Morgan fingerprint density at radius 2 is 1.94 bits per heavy atom. The minimum Gasteiger partial charge on any atom is -0.481 e. The molecule has 0 aliphatic carbocycles. The van der Waals surface area contributed by atoms with Gasteiger partial charge in [-0.25, -0.2) is 8.78 Å². The second kappa shape index (κ2) is 5.72. The predicted octanol–water partition coefficient (Wildman–Crippen LogP) is 2.22. The lowest BCUT2D eigenvalue weighted by Crippen LogP contribution is -2.26. The van der Waals surface area contributed by atoms with Crippen LogP contribution < -0.4 is 5.73 Å². The van der Waals surface area contributed by atoms with E-state index in [0.29, 0.717) is 0 Å². The van der Waals surface area contributed by atoms with E-state index in [1.165, 1.54) is 24.3 Å². The van der Waals surface area contributed by atoms with Crippen molar-refractivity contribution in [2.24, 2.45) is 11.7 Å². The molecule has 0 saturated carbocycles. The number of aliphatic carboxylic acids is 1. The van der Waals surface area contributed by atoms with Crippen LogP contribution in [0.15, 0.2) is 30.3 Å². The standard InChI is InChI=1S/C12H15F2NO2/c13-12(14,10-4-2-1-3-5-10)8-9(6-7-15)11(16)17/h1-5,9H,6-8,15H2,(H,16,17). The SMILES string of the molecule is NCCC(CC(F)(F)c1ccccc1)C(=O)O. The average Bonchev–Trinajstić information content (AvgIpc) is 2.29. The Morgan fingerprint density at radius 3 is 2.41 bits per heavy atom. The van der Waals surface area contributed by atoms with Crippen LogP contribution in [-0.2, 0) is 10.7 Å². The minimum absolute atomic E-state index is 0.0533. The second-order valence-electron chi connectivity index (χ2n) is 3.89. The molecule has 3 N–H and O–H groups in total. The van der Waals surface area contributed by atoms with Gasteiger partial charge in [-0.2, -0.15) is 0 Å². The van der Waals surface area contributed by atoms with Gasteiger partial charge in [0.05, 0.1) is 5.92 Å². The molecule has 1 aromatic carbocycles. The van der Waals surface area contributed by atoms with E-state index in [0.717, 1.165) is 0 Å². The van der Waals surface area contributed by atoms with Crippen LogP contribution >= 0.6 is 0 Å². The summed E-state index contributed by atoms with van der Waals surface area (Å²) in [4.78, 5) is 10.8. The van der Waals surface area contributed by atoms with Gasteiger partial charge in [-0.05, 0) is 13.0 Å². The number of alkyl halides is 2. The first kappa shape index (κ1) is 13.6. The summed E-state index contributed by atoms with van der Waals surface area (Å²) in [6.45, 7) is 0.0852. The maximum absolute atomic E-state index is 13.8. The number of halogens is 2. The molecular weight excluding hydrogens is 228 g/mol. The third kappa shape index (κ3) is 3.78. The van der Waals surface area contributed by atoms with Crippen LogP contribution in [0.25, 0.3) is 0 Å². The highest BCUT2D eigenvalue weighted by atomic mass is 19.3. The van der Waals surface area contributed by atoms with Gasteiger partial charge in [0.2, 0.25) is 0 Å². The number of carboxylic acids is 1. The van der Waals surface area contributed by atoms with E-state index in [4.69, 9.17) is 10.8 Å². The molecule has 1 atom stereocenters. The number of nitrogens with two attached hydrogens (primary N) is 1. The molecule has 17 heavy (non-hydrogen) atoms. The largest absolute Gasteiger partial charge is 0.481 e. The third-order valence-corrected chi connectivity index (χ3v) is 2.56. The topological polar surface area (TPSA) is 63.3 Å². The molecule has 0 spiro atoms. The van der Waals surface area contributed by atoms with Crippen molar-refractivity contribution in [3.63, 3.8) is 0 Å². The van der Waals surface area contributed by atoms with Crippen molar-refractivity contribution >= 4 is 5.97 Å². The molecule has 0 aromatic heterocycles. The van der Waals surface area contributed by atoms with Crippen molar-refractivity contribution in [2.75, 3.05) is 6.54 Å².